The summed E-state index contributed by atoms with van der Waals surface area (Å²) >= 11 is 0. The van der Waals surface area contributed by atoms with Gasteiger partial charge in [-0.3, -0.25) is 0 Å². The van der Waals surface area contributed by atoms with Crippen molar-refractivity contribution < 1.29 is 14.2 Å². The second-order valence-corrected chi connectivity index (χ2v) is 5.17. The first-order valence-corrected chi connectivity index (χ1v) is 8.69. The van der Waals surface area contributed by atoms with Gasteiger partial charge in [-0.1, -0.05) is 39.0 Å². The van der Waals surface area contributed by atoms with Crippen molar-refractivity contribution >= 4 is 0 Å². The lowest BCUT2D eigenvalue weighted by atomic mass is 9.96. The molecular formula is C18H35NO3. The van der Waals surface area contributed by atoms with Crippen molar-refractivity contribution in [2.75, 3.05) is 59.8 Å². The number of likely N-dealkylation sites (tertiary alicyclic amines) is 1. The monoisotopic (exact) mass is 313 g/mol. The maximum Gasteiger partial charge on any atom is 0.107 e. The lowest BCUT2D eigenvalue weighted by Gasteiger charge is -2.32. The fourth-order valence-corrected chi connectivity index (χ4v) is 2.40. The van der Waals surface area contributed by atoms with Crippen LogP contribution in [0.2, 0.25) is 0 Å². The zero-order valence-electron chi connectivity index (χ0n) is 15.0. The Balaban J connectivity index is 0.00000211. The van der Waals surface area contributed by atoms with Gasteiger partial charge in [0.25, 0.3) is 0 Å². The first kappa shape index (κ1) is 21.4. The van der Waals surface area contributed by atoms with Gasteiger partial charge in [-0.15, -0.1) is 0 Å². The van der Waals surface area contributed by atoms with E-state index in [4.69, 9.17) is 14.2 Å². The Morgan fingerprint density at radius 2 is 1.77 bits per heavy atom. The van der Waals surface area contributed by atoms with E-state index in [1.165, 1.54) is 32.4 Å². The summed E-state index contributed by atoms with van der Waals surface area (Å²) in [5.41, 5.74) is 0. The second kappa shape index (κ2) is 16.8. The number of ether oxygens (including phenoxy) is 3. The van der Waals surface area contributed by atoms with E-state index in [1.807, 2.05) is 13.8 Å². The molecule has 1 aliphatic rings. The Kier molecular flexibility index (Phi) is 16.3. The fourth-order valence-electron chi connectivity index (χ4n) is 2.40. The van der Waals surface area contributed by atoms with Gasteiger partial charge < -0.3 is 19.1 Å². The van der Waals surface area contributed by atoms with E-state index in [0.717, 1.165) is 19.1 Å². The van der Waals surface area contributed by atoms with Crippen LogP contribution in [-0.4, -0.2) is 64.7 Å². The predicted octanol–water partition coefficient (Wildman–Crippen LogP) is 2.82. The van der Waals surface area contributed by atoms with Crippen molar-refractivity contribution in [1.82, 2.24) is 4.90 Å². The summed E-state index contributed by atoms with van der Waals surface area (Å²) in [4.78, 5) is 2.52. The average Bonchev–Trinajstić information content (AvgIpc) is 2.58. The second-order valence-electron chi connectivity index (χ2n) is 5.17. The molecule has 0 aromatic heterocycles. The molecule has 1 aliphatic heterocycles. The summed E-state index contributed by atoms with van der Waals surface area (Å²) in [7, 11) is 1.63. The van der Waals surface area contributed by atoms with Crippen LogP contribution in [0.25, 0.3) is 0 Å². The van der Waals surface area contributed by atoms with Gasteiger partial charge in [0, 0.05) is 20.2 Å². The van der Waals surface area contributed by atoms with Crippen LogP contribution in [0, 0.1) is 17.8 Å². The molecule has 0 saturated carbocycles. The Morgan fingerprint density at radius 1 is 1.05 bits per heavy atom. The third-order valence-electron chi connectivity index (χ3n) is 3.62. The van der Waals surface area contributed by atoms with Crippen LogP contribution < -0.4 is 0 Å². The largest absolute Gasteiger partial charge is 0.378 e. The maximum absolute atomic E-state index is 5.59. The SMILES string of the molecule is CC.CCC1CCCN(CCOCCOCC#CCOC)C1. The molecule has 1 atom stereocenters. The Labute approximate surface area is 137 Å². The first-order chi connectivity index (χ1) is 10.9. The third kappa shape index (κ3) is 12.0. The molecule has 4 nitrogen and oxygen atoms in total. The van der Waals surface area contributed by atoms with Crippen molar-refractivity contribution in [3.63, 3.8) is 0 Å². The first-order valence-electron chi connectivity index (χ1n) is 8.69. The van der Waals surface area contributed by atoms with Crippen molar-refractivity contribution in [3.05, 3.63) is 0 Å². The molecule has 1 fully saturated rings. The molecule has 0 spiro atoms. The van der Waals surface area contributed by atoms with E-state index < -0.39 is 0 Å². The Bertz CT molecular complexity index is 286. The summed E-state index contributed by atoms with van der Waals surface area (Å²) in [6.07, 6.45) is 4.03. The molecule has 1 saturated heterocycles. The average molecular weight is 313 g/mol. The van der Waals surface area contributed by atoms with Gasteiger partial charge in [0.15, 0.2) is 0 Å². The van der Waals surface area contributed by atoms with Gasteiger partial charge >= 0.3 is 0 Å². The quantitative estimate of drug-likeness (QED) is 0.484. The highest BCUT2D eigenvalue weighted by Crippen LogP contribution is 2.18. The summed E-state index contributed by atoms with van der Waals surface area (Å²) in [5, 5.41) is 0. The molecule has 0 aliphatic carbocycles. The van der Waals surface area contributed by atoms with E-state index in [2.05, 4.69) is 23.7 Å². The van der Waals surface area contributed by atoms with Gasteiger partial charge in [0.2, 0.25) is 0 Å². The number of nitrogens with zero attached hydrogens (tertiary/aromatic N) is 1. The standard InChI is InChI=1S/C16H29NO3.C2H6/c1-3-16-7-6-8-17(15-16)9-12-20-14-13-19-11-5-4-10-18-2;1-2/h16H,3,6-15H2,1-2H3;1-2H3. The Morgan fingerprint density at radius 3 is 2.50 bits per heavy atom. The summed E-state index contributed by atoms with van der Waals surface area (Å²) in [6, 6.07) is 0. The van der Waals surface area contributed by atoms with Crippen LogP contribution in [-0.2, 0) is 14.2 Å². The molecule has 1 rings (SSSR count). The molecule has 0 aromatic rings. The van der Waals surface area contributed by atoms with E-state index in [1.54, 1.807) is 7.11 Å². The number of hydrogen-bond acceptors (Lipinski definition) is 4. The van der Waals surface area contributed by atoms with E-state index in [0.29, 0.717) is 26.4 Å². The minimum absolute atomic E-state index is 0.455. The van der Waals surface area contributed by atoms with Crippen molar-refractivity contribution in [2.45, 2.75) is 40.0 Å². The van der Waals surface area contributed by atoms with Gasteiger partial charge in [-0.25, -0.2) is 0 Å². The molecule has 1 heterocycles. The minimum Gasteiger partial charge on any atom is -0.378 e. The fraction of sp³-hybridized carbons (Fsp3) is 0.889. The normalized spacial score (nSPS) is 18.1. The van der Waals surface area contributed by atoms with Gasteiger partial charge in [0.1, 0.15) is 13.2 Å². The molecule has 1 unspecified atom stereocenters. The molecule has 0 radical (unpaired) electrons. The van der Waals surface area contributed by atoms with E-state index >= 15 is 0 Å². The van der Waals surface area contributed by atoms with Gasteiger partial charge in [-0.2, -0.15) is 0 Å². The highest BCUT2D eigenvalue weighted by molar-refractivity contribution is 4.98. The maximum atomic E-state index is 5.59. The van der Waals surface area contributed by atoms with Crippen LogP contribution in [0.4, 0.5) is 0 Å². The van der Waals surface area contributed by atoms with Crippen LogP contribution in [0.1, 0.15) is 40.0 Å². The number of methoxy groups -OCH3 is 1. The molecular weight excluding hydrogens is 278 g/mol. The molecule has 0 amide bonds. The third-order valence-corrected chi connectivity index (χ3v) is 3.62. The number of piperidine rings is 1. The van der Waals surface area contributed by atoms with Crippen molar-refractivity contribution in [1.29, 1.82) is 0 Å². The highest BCUT2D eigenvalue weighted by atomic mass is 16.5. The van der Waals surface area contributed by atoms with Crippen molar-refractivity contribution in [3.8, 4) is 11.8 Å². The van der Waals surface area contributed by atoms with Gasteiger partial charge in [-0.05, 0) is 25.3 Å². The van der Waals surface area contributed by atoms with Crippen molar-refractivity contribution in [2.24, 2.45) is 5.92 Å². The molecule has 0 bridgehead atoms. The Hall–Kier alpha value is -0.600. The molecule has 4 heteroatoms. The smallest absolute Gasteiger partial charge is 0.107 e. The minimum atomic E-state index is 0.455. The summed E-state index contributed by atoms with van der Waals surface area (Å²) < 4.78 is 15.7. The lowest BCUT2D eigenvalue weighted by Crippen LogP contribution is -2.37. The molecule has 0 aromatic carbocycles. The van der Waals surface area contributed by atoms with E-state index in [-0.39, 0.29) is 0 Å². The zero-order valence-corrected chi connectivity index (χ0v) is 15.0. The molecule has 130 valence electrons. The van der Waals surface area contributed by atoms with Gasteiger partial charge in [0.05, 0.1) is 19.8 Å². The van der Waals surface area contributed by atoms with Crippen LogP contribution in [0.15, 0.2) is 0 Å². The van der Waals surface area contributed by atoms with Crippen LogP contribution in [0.5, 0.6) is 0 Å². The number of rotatable bonds is 9. The van der Waals surface area contributed by atoms with E-state index in [9.17, 15) is 0 Å². The zero-order chi connectivity index (χ0) is 16.5. The predicted molar refractivity (Wildman–Crippen MR) is 92.1 cm³/mol. The lowest BCUT2D eigenvalue weighted by molar-refractivity contribution is 0.0421. The molecule has 0 N–H and O–H groups in total. The summed E-state index contributed by atoms with van der Waals surface area (Å²) in [5.74, 6) is 6.61. The van der Waals surface area contributed by atoms with Crippen LogP contribution in [0.3, 0.4) is 0 Å². The summed E-state index contributed by atoms with van der Waals surface area (Å²) in [6.45, 7) is 12.8. The highest BCUT2D eigenvalue weighted by Gasteiger charge is 2.17. The number of hydrogen-bond donors (Lipinski definition) is 0. The topological polar surface area (TPSA) is 30.9 Å². The van der Waals surface area contributed by atoms with Crippen LogP contribution >= 0.6 is 0 Å². The molecule has 22 heavy (non-hydrogen) atoms.